The first-order valence-electron chi connectivity index (χ1n) is 7.13. The summed E-state index contributed by atoms with van der Waals surface area (Å²) in [7, 11) is 3.54. The number of imidazole rings is 2. The van der Waals surface area contributed by atoms with Gasteiger partial charge in [0.2, 0.25) is 0 Å². The molecule has 0 saturated carbocycles. The minimum atomic E-state index is -4.48. The zero-order valence-corrected chi connectivity index (χ0v) is 17.8. The van der Waals surface area contributed by atoms with E-state index in [9.17, 15) is 13.2 Å². The Labute approximate surface area is 160 Å². The summed E-state index contributed by atoms with van der Waals surface area (Å²) < 4.78 is 42.6. The largest absolute Gasteiger partial charge is 0.444 e. The molecule has 0 bridgehead atoms. The summed E-state index contributed by atoms with van der Waals surface area (Å²) in [6.45, 7) is 5.47. The summed E-state index contributed by atoms with van der Waals surface area (Å²) >= 11 is 1.57. The molecular weight excluding hydrogens is 405 g/mol. The number of alkyl halides is 3. The summed E-state index contributed by atoms with van der Waals surface area (Å²) in [5.74, 6) is 1.77. The smallest absolute Gasteiger partial charge is 0.418 e. The van der Waals surface area contributed by atoms with Crippen molar-refractivity contribution in [1.29, 1.82) is 0 Å². The van der Waals surface area contributed by atoms with E-state index < -0.39 is 11.7 Å². The third-order valence-corrected chi connectivity index (χ3v) is 4.64. The fourth-order valence-electron chi connectivity index (χ4n) is 2.49. The molecule has 1 aliphatic heterocycles. The van der Waals surface area contributed by atoms with Gasteiger partial charge in [0.15, 0.2) is 0 Å². The summed E-state index contributed by atoms with van der Waals surface area (Å²) in [6.07, 6.45) is -0.645. The maximum Gasteiger partial charge on any atom is 0.418 e. The molecule has 2 aromatic rings. The molecule has 130 valence electrons. The second kappa shape index (κ2) is 6.99. The van der Waals surface area contributed by atoms with Crippen molar-refractivity contribution in [2.45, 2.75) is 18.1 Å². The van der Waals surface area contributed by atoms with Crippen molar-refractivity contribution in [2.24, 2.45) is 14.1 Å². The molecule has 0 saturated heterocycles. The van der Waals surface area contributed by atoms with E-state index in [4.69, 9.17) is 0 Å². The number of hydrogen-bond acceptors (Lipinski definition) is 4. The SMILES string of the molecule is C=C1Nc2c(nc(-c3n[c-]n(C)c3SCC)n2C)C=C1C(F)(F)F.[Zn]. The van der Waals surface area contributed by atoms with Gasteiger partial charge in [0.05, 0.1) is 11.4 Å². The van der Waals surface area contributed by atoms with Gasteiger partial charge in [0.25, 0.3) is 0 Å². The van der Waals surface area contributed by atoms with Crippen LogP contribution in [0.1, 0.15) is 12.6 Å². The van der Waals surface area contributed by atoms with E-state index >= 15 is 0 Å². The number of anilines is 1. The van der Waals surface area contributed by atoms with Crippen LogP contribution >= 0.6 is 11.8 Å². The van der Waals surface area contributed by atoms with E-state index in [-0.39, 0.29) is 30.9 Å². The standard InChI is InChI=1S/C15H15F3N5S.Zn/c1-5-24-14-11(19-7-22(14)3)13-21-10-6-9(15(16,17)18)8(2)20-12(10)23(13)4;/h6,20H,2,5H2,1,3-4H3;/q-1;. The number of fused-ring (bicyclic) bond motifs is 1. The zero-order valence-electron chi connectivity index (χ0n) is 14.0. The van der Waals surface area contributed by atoms with Gasteiger partial charge < -0.3 is 19.4 Å². The van der Waals surface area contributed by atoms with Crippen molar-refractivity contribution in [3.05, 3.63) is 29.9 Å². The minimum absolute atomic E-state index is 0. The van der Waals surface area contributed by atoms with Crippen LogP contribution in [0.4, 0.5) is 19.0 Å². The fourth-order valence-corrected chi connectivity index (χ4v) is 3.27. The van der Waals surface area contributed by atoms with Crippen LogP contribution in [0.15, 0.2) is 22.9 Å². The molecule has 0 aliphatic carbocycles. The van der Waals surface area contributed by atoms with Gasteiger partial charge in [-0.2, -0.15) is 24.9 Å². The summed E-state index contributed by atoms with van der Waals surface area (Å²) in [6, 6.07) is 0. The van der Waals surface area contributed by atoms with E-state index in [0.29, 0.717) is 17.3 Å². The number of thioether (sulfide) groups is 1. The Balaban J connectivity index is 0.00000225. The molecule has 3 rings (SSSR count). The van der Waals surface area contributed by atoms with E-state index in [0.717, 1.165) is 16.9 Å². The molecule has 0 atom stereocenters. The minimum Gasteiger partial charge on any atom is -0.444 e. The Hall–Kier alpha value is -1.54. The van der Waals surface area contributed by atoms with Gasteiger partial charge in [-0.3, -0.25) is 0 Å². The molecule has 1 aliphatic rings. The van der Waals surface area contributed by atoms with Gasteiger partial charge in [-0.1, -0.05) is 18.5 Å². The quantitative estimate of drug-likeness (QED) is 0.469. The number of rotatable bonds is 3. The summed E-state index contributed by atoms with van der Waals surface area (Å²) in [5, 5.41) is 3.56. The van der Waals surface area contributed by atoms with Gasteiger partial charge in [0.1, 0.15) is 11.5 Å². The van der Waals surface area contributed by atoms with E-state index in [1.807, 2.05) is 14.0 Å². The second-order valence-electron chi connectivity index (χ2n) is 5.25. The normalized spacial score (nSPS) is 13.8. The van der Waals surface area contributed by atoms with Crippen LogP contribution in [0.5, 0.6) is 0 Å². The third-order valence-electron chi connectivity index (χ3n) is 3.61. The van der Waals surface area contributed by atoms with Gasteiger partial charge >= 0.3 is 6.18 Å². The maximum atomic E-state index is 13.1. The Bertz CT molecular complexity index is 850. The molecule has 2 aromatic heterocycles. The summed E-state index contributed by atoms with van der Waals surface area (Å²) in [4.78, 5) is 8.59. The molecule has 1 N–H and O–H groups in total. The molecular formula is C15H15F3N5SZn-. The monoisotopic (exact) mass is 418 g/mol. The molecule has 0 spiro atoms. The number of aromatic nitrogens is 4. The van der Waals surface area contributed by atoms with Crippen LogP contribution in [-0.4, -0.2) is 31.0 Å². The van der Waals surface area contributed by atoms with Crippen molar-refractivity contribution >= 4 is 23.7 Å². The van der Waals surface area contributed by atoms with Crippen LogP contribution in [-0.2, 0) is 33.6 Å². The van der Waals surface area contributed by atoms with Crippen molar-refractivity contribution in [3.8, 4) is 11.5 Å². The molecule has 5 nitrogen and oxygen atoms in total. The molecule has 3 heterocycles. The molecule has 25 heavy (non-hydrogen) atoms. The number of nitrogens with one attached hydrogen (secondary N) is 1. The van der Waals surface area contributed by atoms with Gasteiger partial charge in [-0.15, -0.1) is 0 Å². The van der Waals surface area contributed by atoms with Gasteiger partial charge in [-0.05, 0) is 24.6 Å². The zero-order chi connectivity index (χ0) is 17.6. The van der Waals surface area contributed by atoms with Crippen molar-refractivity contribution in [2.75, 3.05) is 11.1 Å². The number of allylic oxidation sites excluding steroid dienone is 1. The van der Waals surface area contributed by atoms with Gasteiger partial charge in [-0.25, -0.2) is 4.98 Å². The first-order valence-corrected chi connectivity index (χ1v) is 8.12. The molecule has 0 fully saturated rings. The Morgan fingerprint density at radius 2 is 2.04 bits per heavy atom. The van der Waals surface area contributed by atoms with E-state index in [1.54, 1.807) is 27.9 Å². The number of aryl methyl sites for hydroxylation is 1. The number of nitrogens with zero attached hydrogens (tertiary/aromatic N) is 4. The average molecular weight is 420 g/mol. The third kappa shape index (κ3) is 3.42. The van der Waals surface area contributed by atoms with Gasteiger partial charge in [0, 0.05) is 38.6 Å². The molecule has 0 unspecified atom stereocenters. The number of halogens is 3. The maximum absolute atomic E-state index is 13.1. The fraction of sp³-hybridized carbons (Fsp3) is 0.333. The topological polar surface area (TPSA) is 47.7 Å². The van der Waals surface area contributed by atoms with E-state index in [2.05, 4.69) is 28.2 Å². The average Bonchev–Trinajstić information content (AvgIpc) is 3.00. The van der Waals surface area contributed by atoms with Crippen molar-refractivity contribution < 1.29 is 32.6 Å². The Morgan fingerprint density at radius 1 is 1.36 bits per heavy atom. The molecule has 0 radical (unpaired) electrons. The molecule has 10 heteroatoms. The predicted molar refractivity (Wildman–Crippen MR) is 87.4 cm³/mol. The molecule has 0 amide bonds. The van der Waals surface area contributed by atoms with E-state index in [1.165, 1.54) is 0 Å². The van der Waals surface area contributed by atoms with Crippen LogP contribution < -0.4 is 5.32 Å². The second-order valence-corrected chi connectivity index (χ2v) is 6.50. The predicted octanol–water partition coefficient (Wildman–Crippen LogP) is 3.62. The van der Waals surface area contributed by atoms with Crippen LogP contribution in [0.25, 0.3) is 17.6 Å². The summed E-state index contributed by atoms with van der Waals surface area (Å²) in [5.41, 5.74) is -0.211. The van der Waals surface area contributed by atoms with Crippen LogP contribution in [0.2, 0.25) is 0 Å². The Kier molecular flexibility index (Phi) is 5.54. The van der Waals surface area contributed by atoms with Crippen molar-refractivity contribution in [3.63, 3.8) is 0 Å². The van der Waals surface area contributed by atoms with Crippen molar-refractivity contribution in [1.82, 2.24) is 19.1 Å². The van der Waals surface area contributed by atoms with Crippen LogP contribution in [0, 0.1) is 6.33 Å². The number of hydrogen-bond donors (Lipinski definition) is 1. The van der Waals surface area contributed by atoms with Crippen LogP contribution in [0.3, 0.4) is 0 Å². The first kappa shape index (κ1) is 19.8. The Morgan fingerprint density at radius 3 is 2.64 bits per heavy atom. The molecule has 0 aromatic carbocycles. The first-order chi connectivity index (χ1) is 11.2.